The molecule has 1 rings (SSSR count). The maximum atomic E-state index is 5.52. The molecule has 0 saturated heterocycles. The van der Waals surface area contributed by atoms with Crippen molar-refractivity contribution in [1.82, 2.24) is 5.32 Å². The number of unbranched alkanes of at least 4 members (excludes halogenated alkanes) is 1. The molecule has 0 amide bonds. The summed E-state index contributed by atoms with van der Waals surface area (Å²) in [6.45, 7) is 7.50. The molecule has 1 aromatic rings. The van der Waals surface area contributed by atoms with Crippen LogP contribution in [0.1, 0.15) is 38.0 Å². The Bertz CT molecular complexity index is 258. The van der Waals surface area contributed by atoms with E-state index in [0.29, 0.717) is 6.61 Å². The lowest BCUT2D eigenvalue weighted by Crippen LogP contribution is -2.12. The van der Waals surface area contributed by atoms with Crippen molar-refractivity contribution in [1.29, 1.82) is 0 Å². The highest BCUT2D eigenvalue weighted by Crippen LogP contribution is 2.11. The molecule has 0 radical (unpaired) electrons. The molecule has 0 fully saturated rings. The van der Waals surface area contributed by atoms with Gasteiger partial charge in [0.15, 0.2) is 0 Å². The maximum absolute atomic E-state index is 5.52. The molecule has 3 heteroatoms. The number of hydrogen-bond donors (Lipinski definition) is 1. The van der Waals surface area contributed by atoms with Gasteiger partial charge in [-0.3, -0.25) is 0 Å². The minimum absolute atomic E-state index is 0.591. The minimum atomic E-state index is 0.591. The molecule has 3 nitrogen and oxygen atoms in total. The fourth-order valence-electron chi connectivity index (χ4n) is 1.32. The minimum Gasteiger partial charge on any atom is -0.467 e. The second kappa shape index (κ2) is 7.49. The van der Waals surface area contributed by atoms with E-state index in [4.69, 9.17) is 9.15 Å². The fourth-order valence-corrected chi connectivity index (χ4v) is 1.32. The van der Waals surface area contributed by atoms with Crippen LogP contribution in [0.5, 0.6) is 0 Å². The lowest BCUT2D eigenvalue weighted by atomic mass is 10.2. The van der Waals surface area contributed by atoms with Gasteiger partial charge in [0.05, 0.1) is 6.26 Å². The summed E-state index contributed by atoms with van der Waals surface area (Å²) >= 11 is 0. The summed E-state index contributed by atoms with van der Waals surface area (Å²) in [4.78, 5) is 0. The van der Waals surface area contributed by atoms with Crippen LogP contribution < -0.4 is 5.32 Å². The van der Waals surface area contributed by atoms with Crippen LogP contribution in [0, 0.1) is 0 Å². The van der Waals surface area contributed by atoms with Crippen molar-refractivity contribution in [3.8, 4) is 0 Å². The van der Waals surface area contributed by atoms with Crippen molar-refractivity contribution < 1.29 is 9.15 Å². The summed E-state index contributed by atoms with van der Waals surface area (Å²) in [5, 5.41) is 3.28. The SMILES string of the molecule is CCCCOCc1occc1CNCC. The lowest BCUT2D eigenvalue weighted by molar-refractivity contribution is 0.103. The van der Waals surface area contributed by atoms with E-state index >= 15 is 0 Å². The quantitative estimate of drug-likeness (QED) is 0.671. The highest BCUT2D eigenvalue weighted by atomic mass is 16.5. The van der Waals surface area contributed by atoms with Gasteiger partial charge in [-0.2, -0.15) is 0 Å². The van der Waals surface area contributed by atoms with E-state index in [1.807, 2.05) is 6.07 Å². The summed E-state index contributed by atoms with van der Waals surface area (Å²) in [5.74, 6) is 0.951. The molecule has 0 aliphatic heterocycles. The molecule has 1 N–H and O–H groups in total. The zero-order chi connectivity index (χ0) is 10.9. The number of furan rings is 1. The first-order chi connectivity index (χ1) is 7.38. The zero-order valence-electron chi connectivity index (χ0n) is 9.71. The van der Waals surface area contributed by atoms with Gasteiger partial charge in [0.25, 0.3) is 0 Å². The second-order valence-electron chi connectivity index (χ2n) is 3.56. The van der Waals surface area contributed by atoms with Gasteiger partial charge in [-0.15, -0.1) is 0 Å². The zero-order valence-corrected chi connectivity index (χ0v) is 9.71. The molecule has 1 aromatic heterocycles. The molecule has 0 atom stereocenters. The third-order valence-electron chi connectivity index (χ3n) is 2.28. The van der Waals surface area contributed by atoms with Crippen molar-refractivity contribution >= 4 is 0 Å². The van der Waals surface area contributed by atoms with E-state index in [1.165, 1.54) is 12.0 Å². The average Bonchev–Trinajstić information content (AvgIpc) is 2.69. The predicted molar refractivity (Wildman–Crippen MR) is 60.7 cm³/mol. The van der Waals surface area contributed by atoms with Crippen molar-refractivity contribution in [3.63, 3.8) is 0 Å². The van der Waals surface area contributed by atoms with Gasteiger partial charge in [0.2, 0.25) is 0 Å². The Morgan fingerprint density at radius 3 is 3.00 bits per heavy atom. The smallest absolute Gasteiger partial charge is 0.133 e. The van der Waals surface area contributed by atoms with E-state index < -0.39 is 0 Å². The second-order valence-corrected chi connectivity index (χ2v) is 3.56. The van der Waals surface area contributed by atoms with Gasteiger partial charge in [0.1, 0.15) is 12.4 Å². The first kappa shape index (κ1) is 12.3. The standard InChI is InChI=1S/C12H21NO2/c1-3-5-7-14-10-12-11(6-8-15-12)9-13-4-2/h6,8,13H,3-5,7,9-10H2,1-2H3. The molecule has 0 aliphatic rings. The Hall–Kier alpha value is -0.800. The summed E-state index contributed by atoms with van der Waals surface area (Å²) in [7, 11) is 0. The molecule has 0 saturated carbocycles. The van der Waals surface area contributed by atoms with Crippen LogP contribution in [0.4, 0.5) is 0 Å². The van der Waals surface area contributed by atoms with Crippen molar-refractivity contribution in [2.45, 2.75) is 39.8 Å². The predicted octanol–water partition coefficient (Wildman–Crippen LogP) is 2.71. The topological polar surface area (TPSA) is 34.4 Å². The monoisotopic (exact) mass is 211 g/mol. The number of ether oxygens (including phenoxy) is 1. The Kier molecular flexibility index (Phi) is 6.12. The molecule has 0 bridgehead atoms. The summed E-state index contributed by atoms with van der Waals surface area (Å²) in [6, 6.07) is 2.00. The van der Waals surface area contributed by atoms with Crippen LogP contribution in [0.2, 0.25) is 0 Å². The Balaban J connectivity index is 2.29. The molecule has 0 aromatic carbocycles. The van der Waals surface area contributed by atoms with E-state index in [0.717, 1.165) is 31.9 Å². The van der Waals surface area contributed by atoms with E-state index in [1.54, 1.807) is 6.26 Å². The molecule has 0 spiro atoms. The van der Waals surface area contributed by atoms with Crippen molar-refractivity contribution in [2.24, 2.45) is 0 Å². The first-order valence-corrected chi connectivity index (χ1v) is 5.72. The molecule has 15 heavy (non-hydrogen) atoms. The highest BCUT2D eigenvalue weighted by molar-refractivity contribution is 5.15. The summed E-state index contributed by atoms with van der Waals surface area (Å²) in [6.07, 6.45) is 4.01. The van der Waals surface area contributed by atoms with E-state index in [9.17, 15) is 0 Å². The van der Waals surface area contributed by atoms with Crippen LogP contribution in [-0.2, 0) is 17.9 Å². The fraction of sp³-hybridized carbons (Fsp3) is 0.667. The van der Waals surface area contributed by atoms with Crippen LogP contribution in [0.15, 0.2) is 16.7 Å². The summed E-state index contributed by atoms with van der Waals surface area (Å²) in [5.41, 5.74) is 1.20. The Labute approximate surface area is 91.8 Å². The van der Waals surface area contributed by atoms with Gasteiger partial charge in [-0.1, -0.05) is 20.3 Å². The van der Waals surface area contributed by atoms with Crippen molar-refractivity contribution in [3.05, 3.63) is 23.7 Å². The van der Waals surface area contributed by atoms with Gasteiger partial charge in [-0.25, -0.2) is 0 Å². The normalized spacial score (nSPS) is 10.8. The first-order valence-electron chi connectivity index (χ1n) is 5.72. The molecule has 1 heterocycles. The largest absolute Gasteiger partial charge is 0.467 e. The lowest BCUT2D eigenvalue weighted by Gasteiger charge is -2.04. The third kappa shape index (κ3) is 4.49. The van der Waals surface area contributed by atoms with Gasteiger partial charge < -0.3 is 14.5 Å². The molecular weight excluding hydrogens is 190 g/mol. The maximum Gasteiger partial charge on any atom is 0.133 e. The molecule has 0 aliphatic carbocycles. The third-order valence-corrected chi connectivity index (χ3v) is 2.28. The number of rotatable bonds is 8. The van der Waals surface area contributed by atoms with Gasteiger partial charge in [-0.05, 0) is 19.0 Å². The van der Waals surface area contributed by atoms with Crippen molar-refractivity contribution in [2.75, 3.05) is 13.2 Å². The molecular formula is C12H21NO2. The highest BCUT2D eigenvalue weighted by Gasteiger charge is 2.05. The molecule has 0 unspecified atom stereocenters. The Morgan fingerprint density at radius 1 is 1.40 bits per heavy atom. The average molecular weight is 211 g/mol. The van der Waals surface area contributed by atoms with E-state index in [-0.39, 0.29) is 0 Å². The van der Waals surface area contributed by atoms with Gasteiger partial charge in [0, 0.05) is 18.7 Å². The number of hydrogen-bond acceptors (Lipinski definition) is 3. The van der Waals surface area contributed by atoms with Gasteiger partial charge >= 0.3 is 0 Å². The van der Waals surface area contributed by atoms with E-state index in [2.05, 4.69) is 19.2 Å². The summed E-state index contributed by atoms with van der Waals surface area (Å²) < 4.78 is 10.9. The Morgan fingerprint density at radius 2 is 2.27 bits per heavy atom. The molecule has 86 valence electrons. The van der Waals surface area contributed by atoms with Crippen LogP contribution in [0.3, 0.4) is 0 Å². The number of nitrogens with one attached hydrogen (secondary N) is 1. The van der Waals surface area contributed by atoms with Crippen LogP contribution in [0.25, 0.3) is 0 Å². The van der Waals surface area contributed by atoms with Crippen LogP contribution in [-0.4, -0.2) is 13.2 Å². The van der Waals surface area contributed by atoms with Crippen LogP contribution >= 0.6 is 0 Å².